The zero-order chi connectivity index (χ0) is 37.8. The maximum atomic E-state index is 14.3. The maximum absolute atomic E-state index is 14.3. The summed E-state index contributed by atoms with van der Waals surface area (Å²) in [5.41, 5.74) is 5.99. The van der Waals surface area contributed by atoms with E-state index in [0.29, 0.717) is 0 Å². The highest BCUT2D eigenvalue weighted by molar-refractivity contribution is 6.02. The first kappa shape index (κ1) is 40.3. The number of aliphatic imine (C=N–C) groups is 1. The molecule has 0 aromatic heterocycles. The van der Waals surface area contributed by atoms with Gasteiger partial charge in [0.25, 0.3) is 5.91 Å². The third-order valence-electron chi connectivity index (χ3n) is 7.93. The van der Waals surface area contributed by atoms with Crippen LogP contribution in [0.3, 0.4) is 0 Å². The van der Waals surface area contributed by atoms with Crippen molar-refractivity contribution in [1.29, 1.82) is 0 Å². The van der Waals surface area contributed by atoms with Crippen LogP contribution in [-0.2, 0) is 34.2 Å². The molecule has 3 aromatic carbocycles. The monoisotopic (exact) mass is 697 g/mol. The van der Waals surface area contributed by atoms with Gasteiger partial charge in [-0.2, -0.15) is 0 Å². The molecule has 11 heteroatoms. The van der Waals surface area contributed by atoms with Crippen molar-refractivity contribution in [1.82, 2.24) is 16.0 Å². The summed E-state index contributed by atoms with van der Waals surface area (Å²) in [5.74, 6) is -4.42. The lowest BCUT2D eigenvalue weighted by atomic mass is 9.76. The summed E-state index contributed by atoms with van der Waals surface area (Å²) in [6.07, 6.45) is 0.928. The summed E-state index contributed by atoms with van der Waals surface area (Å²) < 4.78 is 5.59. The molecule has 0 aliphatic rings. The molecule has 51 heavy (non-hydrogen) atoms. The number of hydrogen-bond donors (Lipinski definition) is 4. The van der Waals surface area contributed by atoms with E-state index in [1.54, 1.807) is 20.8 Å². The molecule has 0 saturated carbocycles. The molecule has 3 rings (SSSR count). The van der Waals surface area contributed by atoms with E-state index in [2.05, 4.69) is 20.9 Å². The van der Waals surface area contributed by atoms with Crippen molar-refractivity contribution in [3.8, 4) is 0 Å². The van der Waals surface area contributed by atoms with Crippen LogP contribution in [0.4, 0.5) is 0 Å². The summed E-state index contributed by atoms with van der Waals surface area (Å²) in [4.78, 5) is 70.5. The number of nitrogens with two attached hydrogens (primary N) is 1. The fourth-order valence-corrected chi connectivity index (χ4v) is 5.47. The first-order chi connectivity index (χ1) is 24.0. The first-order valence-corrected chi connectivity index (χ1v) is 17.2. The second-order valence-corrected chi connectivity index (χ2v) is 14.1. The van der Waals surface area contributed by atoms with Crippen molar-refractivity contribution < 1.29 is 28.7 Å². The maximum Gasteiger partial charge on any atom is 0.329 e. The van der Waals surface area contributed by atoms with E-state index in [0.717, 1.165) is 22.9 Å². The standard InChI is InChI=1S/C40H51N5O6/c1-26(2)23-33(38(50)51-39(5,6)7)44-37(49)29(25-42-36(48)28(4)43-35(47)27(3)41)24-34(46)45-40(30-17-11-8-12-18-30,31-19-13-9-14-20-31)32-21-15-10-16-22-32/h8-22,25-29,33H,23-24,41H2,1-7H3,(H,43,47)(H,44,49)(H,45,46)/t27-,28-,29?,33-/m0/s1. The second-order valence-electron chi connectivity index (χ2n) is 14.1. The van der Waals surface area contributed by atoms with Gasteiger partial charge in [-0.1, -0.05) is 105 Å². The van der Waals surface area contributed by atoms with Crippen molar-refractivity contribution >= 4 is 35.8 Å². The fourth-order valence-electron chi connectivity index (χ4n) is 5.47. The highest BCUT2D eigenvalue weighted by atomic mass is 16.6. The predicted molar refractivity (Wildman–Crippen MR) is 197 cm³/mol. The molecule has 1 unspecified atom stereocenters. The van der Waals surface area contributed by atoms with Crippen LogP contribution in [0.15, 0.2) is 96.0 Å². The lowest BCUT2D eigenvalue weighted by Crippen LogP contribution is -2.50. The van der Waals surface area contributed by atoms with Gasteiger partial charge in [0, 0.05) is 12.6 Å². The number of amides is 4. The molecule has 0 saturated heterocycles. The van der Waals surface area contributed by atoms with Gasteiger partial charge in [0.05, 0.1) is 12.0 Å². The van der Waals surface area contributed by atoms with Crippen LogP contribution in [-0.4, -0.2) is 59.5 Å². The Morgan fingerprint density at radius 2 is 1.22 bits per heavy atom. The van der Waals surface area contributed by atoms with Crippen molar-refractivity contribution in [2.45, 2.75) is 90.6 Å². The van der Waals surface area contributed by atoms with E-state index in [1.807, 2.05) is 105 Å². The third kappa shape index (κ3) is 11.7. The summed E-state index contributed by atoms with van der Waals surface area (Å²) in [7, 11) is 0. The van der Waals surface area contributed by atoms with Gasteiger partial charge in [0.1, 0.15) is 23.2 Å². The van der Waals surface area contributed by atoms with E-state index >= 15 is 0 Å². The predicted octanol–water partition coefficient (Wildman–Crippen LogP) is 4.42. The summed E-state index contributed by atoms with van der Waals surface area (Å²) in [6.45, 7) is 11.9. The molecule has 0 radical (unpaired) electrons. The zero-order valence-electron chi connectivity index (χ0n) is 30.5. The van der Waals surface area contributed by atoms with Crippen LogP contribution in [0.1, 0.15) is 78.0 Å². The minimum atomic E-state index is -1.29. The van der Waals surface area contributed by atoms with Crippen LogP contribution in [0.25, 0.3) is 0 Å². The van der Waals surface area contributed by atoms with Crippen LogP contribution in [0, 0.1) is 11.8 Å². The Balaban J connectivity index is 2.05. The number of hydrogen-bond acceptors (Lipinski definition) is 7. The Hall–Kier alpha value is -5.16. The number of carbonyl (C=O) groups is 5. The number of rotatable bonds is 15. The van der Waals surface area contributed by atoms with Crippen LogP contribution < -0.4 is 21.7 Å². The van der Waals surface area contributed by atoms with Crippen molar-refractivity contribution in [2.75, 3.05) is 0 Å². The molecule has 4 atom stereocenters. The third-order valence-corrected chi connectivity index (χ3v) is 7.93. The SMILES string of the molecule is CC(C)C[C@H](NC(=O)C(C=NC(=O)[C@H](C)NC(=O)[C@H](C)N)CC(=O)NC(c1ccccc1)(c1ccccc1)c1ccccc1)C(=O)OC(C)(C)C. The molecule has 0 aliphatic carbocycles. The average molecular weight is 698 g/mol. The van der Waals surface area contributed by atoms with Crippen LogP contribution in [0.2, 0.25) is 0 Å². The molecule has 3 aromatic rings. The topological polar surface area (TPSA) is 169 Å². The molecule has 0 fully saturated rings. The van der Waals surface area contributed by atoms with E-state index < -0.39 is 71.2 Å². The molecule has 272 valence electrons. The Morgan fingerprint density at radius 3 is 1.63 bits per heavy atom. The molecular weight excluding hydrogens is 646 g/mol. The normalized spacial score (nSPS) is 14.2. The fraction of sp³-hybridized carbons (Fsp3) is 0.400. The number of nitrogens with one attached hydrogen (secondary N) is 3. The lowest BCUT2D eigenvalue weighted by Gasteiger charge is -2.37. The van der Waals surface area contributed by atoms with Gasteiger partial charge >= 0.3 is 5.97 Å². The average Bonchev–Trinajstić information content (AvgIpc) is 3.08. The van der Waals surface area contributed by atoms with E-state index in [1.165, 1.54) is 13.8 Å². The quantitative estimate of drug-likeness (QED) is 0.104. The highest BCUT2D eigenvalue weighted by Crippen LogP contribution is 2.37. The van der Waals surface area contributed by atoms with Crippen molar-refractivity contribution in [3.63, 3.8) is 0 Å². The molecule has 0 bridgehead atoms. The smallest absolute Gasteiger partial charge is 0.329 e. The minimum Gasteiger partial charge on any atom is -0.458 e. The summed E-state index contributed by atoms with van der Waals surface area (Å²) in [5, 5.41) is 8.46. The molecular formula is C40H51N5O6. The molecule has 4 amide bonds. The highest BCUT2D eigenvalue weighted by Gasteiger charge is 2.39. The van der Waals surface area contributed by atoms with Crippen molar-refractivity contribution in [2.24, 2.45) is 22.6 Å². The number of carbonyl (C=O) groups excluding carboxylic acids is 5. The second kappa shape index (κ2) is 18.2. The van der Waals surface area contributed by atoms with Gasteiger partial charge in [-0.25, -0.2) is 9.79 Å². The largest absolute Gasteiger partial charge is 0.458 e. The van der Waals surface area contributed by atoms with Crippen molar-refractivity contribution in [3.05, 3.63) is 108 Å². The molecule has 0 spiro atoms. The van der Waals surface area contributed by atoms with Gasteiger partial charge in [-0.15, -0.1) is 0 Å². The van der Waals surface area contributed by atoms with Gasteiger partial charge < -0.3 is 26.4 Å². The first-order valence-electron chi connectivity index (χ1n) is 17.2. The van der Waals surface area contributed by atoms with Crippen LogP contribution in [0.5, 0.6) is 0 Å². The molecule has 5 N–H and O–H groups in total. The molecule has 11 nitrogen and oxygen atoms in total. The number of esters is 1. The van der Waals surface area contributed by atoms with Crippen LogP contribution >= 0.6 is 0 Å². The van der Waals surface area contributed by atoms with Gasteiger partial charge in [-0.05, 0) is 63.6 Å². The van der Waals surface area contributed by atoms with Gasteiger partial charge in [-0.3, -0.25) is 19.2 Å². The minimum absolute atomic E-state index is 0.0115. The van der Waals surface area contributed by atoms with E-state index in [-0.39, 0.29) is 12.3 Å². The zero-order valence-corrected chi connectivity index (χ0v) is 30.5. The van der Waals surface area contributed by atoms with Gasteiger partial charge in [0.15, 0.2) is 0 Å². The van der Waals surface area contributed by atoms with E-state index in [4.69, 9.17) is 10.5 Å². The molecule has 0 aliphatic heterocycles. The Labute approximate surface area is 300 Å². The Morgan fingerprint density at radius 1 is 0.745 bits per heavy atom. The van der Waals surface area contributed by atoms with Gasteiger partial charge in [0.2, 0.25) is 17.7 Å². The Kier molecular flexibility index (Phi) is 14.4. The Bertz CT molecular complexity index is 1560. The lowest BCUT2D eigenvalue weighted by molar-refractivity contribution is -0.159. The number of nitrogens with zero attached hydrogens (tertiary/aromatic N) is 1. The number of benzene rings is 3. The summed E-state index contributed by atoms with van der Waals surface area (Å²) >= 11 is 0. The summed E-state index contributed by atoms with van der Waals surface area (Å²) in [6, 6.07) is 25.5. The van der Waals surface area contributed by atoms with E-state index in [9.17, 15) is 24.0 Å². The molecule has 0 heterocycles. The number of ether oxygens (including phenoxy) is 1.